The number of amides is 2. The van der Waals surface area contributed by atoms with Crippen molar-refractivity contribution in [2.75, 3.05) is 60.1 Å². The van der Waals surface area contributed by atoms with Crippen molar-refractivity contribution in [2.45, 2.75) is 6.92 Å². The van der Waals surface area contributed by atoms with Crippen LogP contribution in [0.1, 0.15) is 12.5 Å². The van der Waals surface area contributed by atoms with Crippen molar-refractivity contribution in [3.63, 3.8) is 0 Å². The molecule has 0 aliphatic carbocycles. The molecular weight excluding hydrogens is 346 g/mol. The first-order valence-corrected chi connectivity index (χ1v) is 9.32. The van der Waals surface area contributed by atoms with Crippen LogP contribution >= 0.6 is 0 Å². The van der Waals surface area contributed by atoms with Crippen molar-refractivity contribution in [1.82, 2.24) is 14.7 Å². The number of para-hydroxylation sites is 1. The summed E-state index contributed by atoms with van der Waals surface area (Å²) in [7, 11) is 3.13. The number of rotatable bonds is 7. The molecule has 2 heterocycles. The third-order valence-electron chi connectivity index (χ3n) is 5.17. The number of ether oxygens (including phenoxy) is 2. The second-order valence-electron chi connectivity index (χ2n) is 6.60. The average molecular weight is 373 g/mol. The quantitative estimate of drug-likeness (QED) is 0.666. The van der Waals surface area contributed by atoms with Crippen molar-refractivity contribution in [2.24, 2.45) is 0 Å². The fraction of sp³-hybridized carbons (Fsp3) is 0.500. The van der Waals surface area contributed by atoms with Crippen LogP contribution in [-0.4, -0.2) is 86.6 Å². The molecule has 0 unspecified atom stereocenters. The topological polar surface area (TPSA) is 62.3 Å². The van der Waals surface area contributed by atoms with Crippen LogP contribution in [0.3, 0.4) is 0 Å². The number of carbonyl (C=O) groups is 2. The smallest absolute Gasteiger partial charge is 0.277 e. The molecule has 1 aromatic carbocycles. The Hall–Kier alpha value is -2.38. The normalized spacial score (nSPS) is 18.6. The molecule has 2 aliphatic rings. The summed E-state index contributed by atoms with van der Waals surface area (Å²) in [5.41, 5.74) is 1.57. The van der Waals surface area contributed by atoms with Crippen LogP contribution in [0.2, 0.25) is 0 Å². The van der Waals surface area contributed by atoms with E-state index in [0.717, 1.165) is 32.7 Å². The summed E-state index contributed by atoms with van der Waals surface area (Å²) < 4.78 is 10.5. The van der Waals surface area contributed by atoms with Gasteiger partial charge in [-0.3, -0.25) is 14.5 Å². The molecule has 0 N–H and O–H groups in total. The number of methoxy groups -OCH3 is 2. The molecule has 0 saturated carbocycles. The summed E-state index contributed by atoms with van der Waals surface area (Å²) in [4.78, 5) is 32.0. The van der Waals surface area contributed by atoms with Gasteiger partial charge in [0.15, 0.2) is 0 Å². The van der Waals surface area contributed by atoms with Crippen LogP contribution in [0.5, 0.6) is 5.75 Å². The lowest BCUT2D eigenvalue weighted by atomic mass is 10.0. The molecule has 2 aliphatic heterocycles. The predicted octanol–water partition coefficient (Wildman–Crippen LogP) is 1.06. The molecule has 0 aromatic heterocycles. The van der Waals surface area contributed by atoms with Gasteiger partial charge in [0.2, 0.25) is 0 Å². The van der Waals surface area contributed by atoms with E-state index >= 15 is 0 Å². The molecule has 1 aromatic rings. The molecule has 146 valence electrons. The summed E-state index contributed by atoms with van der Waals surface area (Å²) >= 11 is 0. The zero-order valence-corrected chi connectivity index (χ0v) is 16.2. The van der Waals surface area contributed by atoms with Crippen LogP contribution in [0, 0.1) is 0 Å². The van der Waals surface area contributed by atoms with Crippen molar-refractivity contribution >= 4 is 17.4 Å². The monoisotopic (exact) mass is 373 g/mol. The van der Waals surface area contributed by atoms with Crippen LogP contribution in [-0.2, 0) is 14.3 Å². The Bertz CT molecular complexity index is 738. The first kappa shape index (κ1) is 19.4. The van der Waals surface area contributed by atoms with Gasteiger partial charge in [0.25, 0.3) is 11.8 Å². The molecule has 1 fully saturated rings. The maximum absolute atomic E-state index is 13.2. The summed E-state index contributed by atoms with van der Waals surface area (Å²) in [6.07, 6.45) is 0. The number of likely N-dealkylation sites (N-methyl/N-ethyl adjacent to an activating group) is 1. The van der Waals surface area contributed by atoms with Gasteiger partial charge in [-0.25, -0.2) is 0 Å². The van der Waals surface area contributed by atoms with Crippen LogP contribution in [0.25, 0.3) is 5.57 Å². The zero-order chi connectivity index (χ0) is 19.4. The lowest BCUT2D eigenvalue weighted by molar-refractivity contribution is -0.138. The minimum Gasteiger partial charge on any atom is -0.496 e. The van der Waals surface area contributed by atoms with Gasteiger partial charge in [-0.05, 0) is 12.6 Å². The molecule has 0 atom stereocenters. The number of hydrogen-bond acceptors (Lipinski definition) is 6. The summed E-state index contributed by atoms with van der Waals surface area (Å²) in [6, 6.07) is 7.35. The lowest BCUT2D eigenvalue weighted by Crippen LogP contribution is -2.47. The van der Waals surface area contributed by atoms with E-state index in [1.807, 2.05) is 29.2 Å². The highest BCUT2D eigenvalue weighted by molar-refractivity contribution is 6.36. The highest BCUT2D eigenvalue weighted by Crippen LogP contribution is 2.36. The Morgan fingerprint density at radius 1 is 1.00 bits per heavy atom. The Morgan fingerprint density at radius 3 is 2.33 bits per heavy atom. The zero-order valence-electron chi connectivity index (χ0n) is 16.2. The van der Waals surface area contributed by atoms with Crippen LogP contribution in [0.15, 0.2) is 30.0 Å². The standard InChI is InChI=1S/C20H27N3O4/c1-4-21-9-11-22(12-10-21)18-17(15-7-5-6-8-16(15)27-3)19(24)23(20(18)25)13-14-26-2/h5-8H,4,9-14H2,1-3H3. The third kappa shape index (κ3) is 3.70. The van der Waals surface area contributed by atoms with Gasteiger partial charge < -0.3 is 19.3 Å². The third-order valence-corrected chi connectivity index (χ3v) is 5.17. The molecule has 7 nitrogen and oxygen atoms in total. The van der Waals surface area contributed by atoms with Gasteiger partial charge in [-0.15, -0.1) is 0 Å². The SMILES string of the molecule is CCN1CCN(C2=C(c3ccccc3OC)C(=O)N(CCOC)C2=O)CC1. The molecule has 27 heavy (non-hydrogen) atoms. The van der Waals surface area contributed by atoms with Crippen molar-refractivity contribution in [1.29, 1.82) is 0 Å². The van der Waals surface area contributed by atoms with Crippen molar-refractivity contribution in [3.05, 3.63) is 35.5 Å². The van der Waals surface area contributed by atoms with E-state index in [1.165, 1.54) is 4.90 Å². The second-order valence-corrected chi connectivity index (χ2v) is 6.60. The Labute approximate surface area is 160 Å². The van der Waals surface area contributed by atoms with Gasteiger partial charge >= 0.3 is 0 Å². The van der Waals surface area contributed by atoms with E-state index < -0.39 is 0 Å². The lowest BCUT2D eigenvalue weighted by Gasteiger charge is -2.36. The average Bonchev–Trinajstić information content (AvgIpc) is 2.96. The predicted molar refractivity (Wildman–Crippen MR) is 102 cm³/mol. The van der Waals surface area contributed by atoms with Gasteiger partial charge in [0, 0.05) is 38.9 Å². The van der Waals surface area contributed by atoms with Crippen molar-refractivity contribution < 1.29 is 19.1 Å². The molecule has 1 saturated heterocycles. The number of imide groups is 1. The minimum atomic E-state index is -0.283. The number of hydrogen-bond donors (Lipinski definition) is 0. The highest BCUT2D eigenvalue weighted by Gasteiger charge is 2.42. The van der Waals surface area contributed by atoms with E-state index in [0.29, 0.717) is 29.2 Å². The van der Waals surface area contributed by atoms with Gasteiger partial charge in [-0.2, -0.15) is 0 Å². The Morgan fingerprint density at radius 2 is 1.70 bits per heavy atom. The molecule has 0 spiro atoms. The fourth-order valence-corrected chi connectivity index (χ4v) is 3.62. The molecule has 7 heteroatoms. The van der Waals surface area contributed by atoms with Crippen LogP contribution in [0.4, 0.5) is 0 Å². The Balaban J connectivity index is 2.02. The summed E-state index contributed by atoms with van der Waals surface area (Å²) in [5, 5.41) is 0. The van der Waals surface area contributed by atoms with E-state index in [9.17, 15) is 9.59 Å². The van der Waals surface area contributed by atoms with E-state index in [4.69, 9.17) is 9.47 Å². The van der Waals surface area contributed by atoms with Crippen molar-refractivity contribution in [3.8, 4) is 5.75 Å². The highest BCUT2D eigenvalue weighted by atomic mass is 16.5. The van der Waals surface area contributed by atoms with Gasteiger partial charge in [-0.1, -0.05) is 25.1 Å². The number of carbonyl (C=O) groups excluding carboxylic acids is 2. The number of benzene rings is 1. The first-order chi connectivity index (χ1) is 13.1. The molecule has 2 amide bonds. The minimum absolute atomic E-state index is 0.241. The second kappa shape index (κ2) is 8.54. The fourth-order valence-electron chi connectivity index (χ4n) is 3.62. The number of nitrogens with zero attached hydrogens (tertiary/aromatic N) is 3. The summed E-state index contributed by atoms with van der Waals surface area (Å²) in [5.74, 6) is 0.0595. The maximum atomic E-state index is 13.2. The van der Waals surface area contributed by atoms with Gasteiger partial charge in [0.1, 0.15) is 11.4 Å². The summed E-state index contributed by atoms with van der Waals surface area (Å²) in [6.45, 7) is 6.86. The molecule has 3 rings (SSSR count). The Kier molecular flexibility index (Phi) is 6.13. The van der Waals surface area contributed by atoms with E-state index in [-0.39, 0.29) is 18.4 Å². The molecular formula is C20H27N3O4. The van der Waals surface area contributed by atoms with Gasteiger partial charge in [0.05, 0.1) is 25.8 Å². The molecule has 0 bridgehead atoms. The first-order valence-electron chi connectivity index (χ1n) is 9.32. The number of piperazine rings is 1. The van der Waals surface area contributed by atoms with Crippen LogP contribution < -0.4 is 4.74 Å². The van der Waals surface area contributed by atoms with E-state index in [1.54, 1.807) is 14.2 Å². The molecule has 0 radical (unpaired) electrons. The largest absolute Gasteiger partial charge is 0.496 e. The van der Waals surface area contributed by atoms with E-state index in [2.05, 4.69) is 11.8 Å². The maximum Gasteiger partial charge on any atom is 0.277 e.